The quantitative estimate of drug-likeness (QED) is 0.876. The van der Waals surface area contributed by atoms with Crippen molar-refractivity contribution in [3.05, 3.63) is 24.3 Å². The van der Waals surface area contributed by atoms with Crippen LogP contribution in [0.5, 0.6) is 5.75 Å². The van der Waals surface area contributed by atoms with Crippen molar-refractivity contribution in [1.82, 2.24) is 5.32 Å². The molecular weight excluding hydrogens is 292 g/mol. The highest BCUT2D eigenvalue weighted by Gasteiger charge is 2.21. The number of amides is 2. The number of ether oxygens (including phenoxy) is 1. The molecule has 0 spiro atoms. The van der Waals surface area contributed by atoms with Crippen LogP contribution in [0.2, 0.25) is 0 Å². The summed E-state index contributed by atoms with van der Waals surface area (Å²) in [5, 5.41) is 5.41. The summed E-state index contributed by atoms with van der Waals surface area (Å²) < 4.78 is 5.92. The third-order valence-electron chi connectivity index (χ3n) is 3.81. The molecule has 0 aromatic heterocycles. The van der Waals surface area contributed by atoms with Crippen LogP contribution in [0.3, 0.4) is 0 Å². The molecule has 2 rings (SSSR count). The van der Waals surface area contributed by atoms with Crippen molar-refractivity contribution < 1.29 is 14.3 Å². The fourth-order valence-electron chi connectivity index (χ4n) is 2.48. The van der Waals surface area contributed by atoms with Gasteiger partial charge < -0.3 is 15.4 Å². The number of carbonyl (C=O) groups is 2. The zero-order chi connectivity index (χ0) is 16.9. The van der Waals surface area contributed by atoms with Gasteiger partial charge in [0.2, 0.25) is 11.8 Å². The average molecular weight is 318 g/mol. The minimum Gasteiger partial charge on any atom is -0.490 e. The smallest absolute Gasteiger partial charge is 0.243 e. The number of carbonyl (C=O) groups excluding carboxylic acids is 2. The van der Waals surface area contributed by atoms with E-state index < -0.39 is 5.41 Å². The largest absolute Gasteiger partial charge is 0.490 e. The van der Waals surface area contributed by atoms with Crippen LogP contribution in [0, 0.1) is 5.41 Å². The first-order chi connectivity index (χ1) is 10.8. The predicted molar refractivity (Wildman–Crippen MR) is 90.4 cm³/mol. The van der Waals surface area contributed by atoms with Crippen LogP contribution in [-0.2, 0) is 9.59 Å². The van der Waals surface area contributed by atoms with E-state index >= 15 is 0 Å². The summed E-state index contributed by atoms with van der Waals surface area (Å²) in [6, 6.07) is 7.38. The zero-order valence-corrected chi connectivity index (χ0v) is 14.1. The molecule has 1 saturated carbocycles. The van der Waals surface area contributed by atoms with Crippen molar-refractivity contribution in [3.63, 3.8) is 0 Å². The summed E-state index contributed by atoms with van der Waals surface area (Å²) in [6.45, 7) is 5.39. The van der Waals surface area contributed by atoms with Gasteiger partial charge in [-0.1, -0.05) is 26.8 Å². The van der Waals surface area contributed by atoms with Crippen molar-refractivity contribution >= 4 is 17.5 Å². The second kappa shape index (κ2) is 7.49. The number of hydrogen-bond acceptors (Lipinski definition) is 3. The Morgan fingerprint density at radius 3 is 2.57 bits per heavy atom. The first-order valence-electron chi connectivity index (χ1n) is 8.19. The maximum atomic E-state index is 11.9. The third kappa shape index (κ3) is 5.58. The van der Waals surface area contributed by atoms with Gasteiger partial charge in [0.25, 0.3) is 0 Å². The van der Waals surface area contributed by atoms with E-state index in [1.165, 1.54) is 12.8 Å². The Bertz CT molecular complexity index is 558. The fourth-order valence-corrected chi connectivity index (χ4v) is 2.48. The van der Waals surface area contributed by atoms with Gasteiger partial charge in [-0.25, -0.2) is 0 Å². The predicted octanol–water partition coefficient (Wildman–Crippen LogP) is 3.11. The summed E-state index contributed by atoms with van der Waals surface area (Å²) in [5.74, 6) is 0.375. The second-order valence-electron chi connectivity index (χ2n) is 7.03. The van der Waals surface area contributed by atoms with Crippen LogP contribution < -0.4 is 15.4 Å². The fraction of sp³-hybridized carbons (Fsp3) is 0.556. The first-order valence-corrected chi connectivity index (χ1v) is 8.19. The van der Waals surface area contributed by atoms with Gasteiger partial charge in [0.15, 0.2) is 0 Å². The Morgan fingerprint density at radius 2 is 1.91 bits per heavy atom. The average Bonchev–Trinajstić information content (AvgIpc) is 2.97. The first kappa shape index (κ1) is 17.3. The number of benzene rings is 1. The van der Waals surface area contributed by atoms with Crippen molar-refractivity contribution in [2.24, 2.45) is 5.41 Å². The van der Waals surface area contributed by atoms with E-state index in [1.807, 2.05) is 45.0 Å². The Balaban J connectivity index is 1.84. The zero-order valence-electron chi connectivity index (χ0n) is 14.1. The molecule has 126 valence electrons. The van der Waals surface area contributed by atoms with Gasteiger partial charge >= 0.3 is 0 Å². The molecule has 2 N–H and O–H groups in total. The third-order valence-corrected chi connectivity index (χ3v) is 3.81. The summed E-state index contributed by atoms with van der Waals surface area (Å²) in [7, 11) is 0. The van der Waals surface area contributed by atoms with Crippen molar-refractivity contribution in [1.29, 1.82) is 0 Å². The van der Waals surface area contributed by atoms with E-state index in [2.05, 4.69) is 10.6 Å². The molecule has 2 amide bonds. The number of hydrogen-bond donors (Lipinski definition) is 2. The highest BCUT2D eigenvalue weighted by atomic mass is 16.5. The van der Waals surface area contributed by atoms with Crippen LogP contribution in [0.1, 0.15) is 46.5 Å². The molecule has 0 heterocycles. The van der Waals surface area contributed by atoms with Gasteiger partial charge in [0.1, 0.15) is 5.75 Å². The van der Waals surface area contributed by atoms with Crippen LogP contribution in [0.25, 0.3) is 0 Å². The molecule has 0 radical (unpaired) electrons. The Morgan fingerprint density at radius 1 is 1.22 bits per heavy atom. The lowest BCUT2D eigenvalue weighted by atomic mass is 9.96. The number of rotatable bonds is 5. The number of nitrogens with one attached hydrogen (secondary N) is 2. The topological polar surface area (TPSA) is 67.4 Å². The van der Waals surface area contributed by atoms with E-state index in [0.717, 1.165) is 18.6 Å². The molecule has 1 aliphatic carbocycles. The minimum atomic E-state index is -0.505. The summed E-state index contributed by atoms with van der Waals surface area (Å²) >= 11 is 0. The summed E-state index contributed by atoms with van der Waals surface area (Å²) in [6.07, 6.45) is 4.90. The maximum Gasteiger partial charge on any atom is 0.243 e. The Labute approximate surface area is 137 Å². The van der Waals surface area contributed by atoms with Gasteiger partial charge in [-0.15, -0.1) is 0 Å². The monoisotopic (exact) mass is 318 g/mol. The standard InChI is InChI=1S/C18H26N2O3/c1-18(2,3)17(22)19-12-16(21)20-13-7-6-10-15(11-13)23-14-8-4-5-9-14/h6-7,10-11,14H,4-5,8-9,12H2,1-3H3,(H,19,22)(H,20,21). The SMILES string of the molecule is CC(C)(C)C(=O)NCC(=O)Nc1cccc(OC2CCCC2)c1. The molecule has 1 aromatic carbocycles. The van der Waals surface area contributed by atoms with E-state index in [-0.39, 0.29) is 24.5 Å². The Hall–Kier alpha value is -2.04. The normalized spacial score (nSPS) is 15.3. The number of anilines is 1. The van der Waals surface area contributed by atoms with E-state index in [4.69, 9.17) is 4.74 Å². The molecular formula is C18H26N2O3. The minimum absolute atomic E-state index is 0.0379. The van der Waals surface area contributed by atoms with Crippen LogP contribution >= 0.6 is 0 Å². The van der Waals surface area contributed by atoms with Crippen LogP contribution in [-0.4, -0.2) is 24.5 Å². The maximum absolute atomic E-state index is 11.9. The van der Waals surface area contributed by atoms with Crippen LogP contribution in [0.15, 0.2) is 24.3 Å². The highest BCUT2D eigenvalue weighted by molar-refractivity contribution is 5.95. The molecule has 0 atom stereocenters. The van der Waals surface area contributed by atoms with Gasteiger partial charge in [-0.3, -0.25) is 9.59 Å². The van der Waals surface area contributed by atoms with Gasteiger partial charge in [0.05, 0.1) is 12.6 Å². The molecule has 23 heavy (non-hydrogen) atoms. The van der Waals surface area contributed by atoms with Crippen molar-refractivity contribution in [2.45, 2.75) is 52.6 Å². The van der Waals surface area contributed by atoms with E-state index in [1.54, 1.807) is 0 Å². The molecule has 1 aromatic rings. The van der Waals surface area contributed by atoms with Crippen molar-refractivity contribution in [2.75, 3.05) is 11.9 Å². The summed E-state index contributed by atoms with van der Waals surface area (Å²) in [4.78, 5) is 23.7. The Kier molecular flexibility index (Phi) is 5.64. The molecule has 5 heteroatoms. The van der Waals surface area contributed by atoms with E-state index in [9.17, 15) is 9.59 Å². The molecule has 0 bridgehead atoms. The van der Waals surface area contributed by atoms with Gasteiger partial charge in [-0.2, -0.15) is 0 Å². The molecule has 1 fully saturated rings. The highest BCUT2D eigenvalue weighted by Crippen LogP contribution is 2.25. The second-order valence-corrected chi connectivity index (χ2v) is 7.03. The summed E-state index contributed by atoms with van der Waals surface area (Å²) in [5.41, 5.74) is 0.172. The van der Waals surface area contributed by atoms with Gasteiger partial charge in [0, 0.05) is 17.2 Å². The van der Waals surface area contributed by atoms with Gasteiger partial charge in [-0.05, 0) is 37.8 Å². The molecule has 5 nitrogen and oxygen atoms in total. The molecule has 0 unspecified atom stereocenters. The van der Waals surface area contributed by atoms with Crippen LogP contribution in [0.4, 0.5) is 5.69 Å². The molecule has 0 saturated heterocycles. The lowest BCUT2D eigenvalue weighted by Gasteiger charge is -2.17. The lowest BCUT2D eigenvalue weighted by Crippen LogP contribution is -2.39. The van der Waals surface area contributed by atoms with E-state index in [0.29, 0.717) is 5.69 Å². The molecule has 1 aliphatic rings. The lowest BCUT2D eigenvalue weighted by molar-refractivity contribution is -0.130. The molecule has 0 aliphatic heterocycles. The van der Waals surface area contributed by atoms with Crippen molar-refractivity contribution in [3.8, 4) is 5.75 Å².